The van der Waals surface area contributed by atoms with Crippen LogP contribution in [0.4, 0.5) is 0 Å². The van der Waals surface area contributed by atoms with Gasteiger partial charge in [0, 0.05) is 19.5 Å². The molecular weight excluding hydrogens is 318 g/mol. The van der Waals surface area contributed by atoms with Crippen molar-refractivity contribution >= 4 is 11.9 Å². The van der Waals surface area contributed by atoms with Crippen LogP contribution in [0.1, 0.15) is 44.9 Å². The smallest absolute Gasteiger partial charge is 0.270 e. The number of phenols is 1. The number of likely N-dealkylation sites (N-methyl/N-ethyl adjacent to an activating group) is 1. The van der Waals surface area contributed by atoms with E-state index in [-0.39, 0.29) is 23.7 Å². The Bertz CT molecular complexity index is 641. The van der Waals surface area contributed by atoms with Crippen LogP contribution in [0.5, 0.6) is 11.5 Å². The molecule has 1 aromatic rings. The van der Waals surface area contributed by atoms with Gasteiger partial charge in [-0.25, -0.2) is 4.99 Å². The largest absolute Gasteiger partial charge is 0.508 e. The number of ether oxygens (including phenoxy) is 1. The second kappa shape index (κ2) is 7.76. The molecule has 1 amide bonds. The lowest BCUT2D eigenvalue weighted by atomic mass is 9.84. The van der Waals surface area contributed by atoms with E-state index in [1.165, 1.54) is 43.1 Å². The molecule has 3 N–H and O–H groups in total. The van der Waals surface area contributed by atoms with Crippen molar-refractivity contribution in [1.29, 1.82) is 0 Å². The highest BCUT2D eigenvalue weighted by Gasteiger charge is 2.33. The Labute approximate surface area is 148 Å². The summed E-state index contributed by atoms with van der Waals surface area (Å²) >= 11 is 0. The average Bonchev–Trinajstić information content (AvgIpc) is 2.69. The minimum atomic E-state index is -0.648. The molecule has 1 heterocycles. The third kappa shape index (κ3) is 4.44. The van der Waals surface area contributed by atoms with Gasteiger partial charge in [0.2, 0.25) is 0 Å². The van der Waals surface area contributed by atoms with Crippen molar-refractivity contribution in [2.24, 2.45) is 16.6 Å². The highest BCUT2D eigenvalue weighted by Crippen LogP contribution is 2.31. The Morgan fingerprint density at radius 1 is 1.32 bits per heavy atom. The maximum Gasteiger partial charge on any atom is 0.270 e. The summed E-state index contributed by atoms with van der Waals surface area (Å²) in [5, 5.41) is 9.61. The van der Waals surface area contributed by atoms with E-state index >= 15 is 0 Å². The molecule has 0 radical (unpaired) electrons. The van der Waals surface area contributed by atoms with Gasteiger partial charge in [-0.2, -0.15) is 0 Å². The molecule has 0 saturated heterocycles. The molecule has 1 fully saturated rings. The average molecular weight is 345 g/mol. The third-order valence-corrected chi connectivity index (χ3v) is 5.18. The van der Waals surface area contributed by atoms with Crippen LogP contribution in [-0.2, 0) is 4.79 Å². The first-order valence-corrected chi connectivity index (χ1v) is 9.09. The van der Waals surface area contributed by atoms with Gasteiger partial charge in [0.15, 0.2) is 12.1 Å². The number of carbonyl (C=O) groups is 1. The van der Waals surface area contributed by atoms with E-state index in [9.17, 15) is 9.90 Å². The van der Waals surface area contributed by atoms with E-state index in [2.05, 4.69) is 4.99 Å². The van der Waals surface area contributed by atoms with Crippen molar-refractivity contribution in [3.8, 4) is 11.5 Å². The predicted molar refractivity (Wildman–Crippen MR) is 96.5 cm³/mol. The zero-order chi connectivity index (χ0) is 17.8. The monoisotopic (exact) mass is 345 g/mol. The molecular formula is C19H27N3O3. The van der Waals surface area contributed by atoms with Gasteiger partial charge in [-0.3, -0.25) is 9.69 Å². The van der Waals surface area contributed by atoms with Gasteiger partial charge in [-0.1, -0.05) is 38.2 Å². The summed E-state index contributed by atoms with van der Waals surface area (Å²) < 4.78 is 5.89. The number of nitrogens with two attached hydrogens (primary N) is 1. The second-order valence-electron chi connectivity index (χ2n) is 7.12. The first kappa shape index (κ1) is 17.6. The van der Waals surface area contributed by atoms with Crippen molar-refractivity contribution in [2.45, 2.75) is 57.1 Å². The Kier molecular flexibility index (Phi) is 5.46. The first-order chi connectivity index (χ1) is 12.0. The first-order valence-electron chi connectivity index (χ1n) is 9.09. The van der Waals surface area contributed by atoms with E-state index in [1.807, 2.05) is 0 Å². The van der Waals surface area contributed by atoms with E-state index in [0.29, 0.717) is 18.1 Å². The van der Waals surface area contributed by atoms with Crippen molar-refractivity contribution in [2.75, 3.05) is 7.05 Å². The Morgan fingerprint density at radius 3 is 2.80 bits per heavy atom. The summed E-state index contributed by atoms with van der Waals surface area (Å²) in [6, 6.07) is 6.50. The van der Waals surface area contributed by atoms with Gasteiger partial charge in [-0.15, -0.1) is 0 Å². The molecule has 1 saturated carbocycles. The van der Waals surface area contributed by atoms with Crippen LogP contribution in [0, 0.1) is 5.92 Å². The molecule has 2 atom stereocenters. The molecule has 2 aliphatic rings. The highest BCUT2D eigenvalue weighted by molar-refractivity contribution is 5.98. The lowest BCUT2D eigenvalue weighted by Crippen LogP contribution is -2.44. The van der Waals surface area contributed by atoms with Crippen LogP contribution in [0.2, 0.25) is 0 Å². The molecule has 1 aromatic carbocycles. The quantitative estimate of drug-likeness (QED) is 0.878. The molecule has 0 aromatic heterocycles. The fourth-order valence-corrected chi connectivity index (χ4v) is 3.78. The number of amides is 1. The topological polar surface area (TPSA) is 88.2 Å². The number of phenolic OH excluding ortho intramolecular Hbond substituents is 1. The highest BCUT2D eigenvalue weighted by atomic mass is 16.5. The van der Waals surface area contributed by atoms with Crippen molar-refractivity contribution < 1.29 is 14.6 Å². The molecule has 1 aliphatic heterocycles. The predicted octanol–water partition coefficient (Wildman–Crippen LogP) is 2.66. The lowest BCUT2D eigenvalue weighted by molar-refractivity contribution is -0.133. The van der Waals surface area contributed by atoms with Crippen molar-refractivity contribution in [1.82, 2.24) is 4.90 Å². The van der Waals surface area contributed by atoms with Gasteiger partial charge in [-0.05, 0) is 24.5 Å². The van der Waals surface area contributed by atoms with Crippen LogP contribution in [0.25, 0.3) is 0 Å². The van der Waals surface area contributed by atoms with Gasteiger partial charge in [0.1, 0.15) is 11.5 Å². The summed E-state index contributed by atoms with van der Waals surface area (Å²) in [6.07, 6.45) is 7.14. The number of rotatable bonds is 4. The zero-order valence-electron chi connectivity index (χ0n) is 14.7. The number of carbonyl (C=O) groups excluding carboxylic acids is 1. The van der Waals surface area contributed by atoms with E-state index < -0.39 is 6.10 Å². The number of hydrogen-bond acceptors (Lipinski definition) is 5. The number of aliphatic imine (C=N–C) groups is 1. The molecule has 6 heteroatoms. The molecule has 1 aliphatic carbocycles. The zero-order valence-corrected chi connectivity index (χ0v) is 14.7. The number of aromatic hydroxyl groups is 1. The maximum absolute atomic E-state index is 12.7. The second-order valence-corrected chi connectivity index (χ2v) is 7.12. The minimum absolute atomic E-state index is 0.0145. The fraction of sp³-hybridized carbons (Fsp3) is 0.579. The number of hydrogen-bond donors (Lipinski definition) is 2. The van der Waals surface area contributed by atoms with E-state index in [1.54, 1.807) is 25.2 Å². The third-order valence-electron chi connectivity index (χ3n) is 5.18. The summed E-state index contributed by atoms with van der Waals surface area (Å²) in [6.45, 7) is 0. The molecule has 0 bridgehead atoms. The van der Waals surface area contributed by atoms with Crippen LogP contribution < -0.4 is 10.5 Å². The van der Waals surface area contributed by atoms with Gasteiger partial charge in [0.25, 0.3) is 5.91 Å². The SMILES string of the molecule is CN1C(=O)[C@H](Oc2cccc(O)c2)CC(CC2CCCCC2)N=C1N. The summed E-state index contributed by atoms with van der Waals surface area (Å²) in [7, 11) is 1.63. The molecule has 6 nitrogen and oxygen atoms in total. The van der Waals surface area contributed by atoms with Crippen LogP contribution in [0.3, 0.4) is 0 Å². The van der Waals surface area contributed by atoms with Crippen molar-refractivity contribution in [3.05, 3.63) is 24.3 Å². The fourth-order valence-electron chi connectivity index (χ4n) is 3.78. The Morgan fingerprint density at radius 2 is 2.08 bits per heavy atom. The normalized spacial score (nSPS) is 25.4. The summed E-state index contributed by atoms with van der Waals surface area (Å²) in [4.78, 5) is 18.6. The number of benzene rings is 1. The molecule has 25 heavy (non-hydrogen) atoms. The molecule has 3 rings (SSSR count). The lowest BCUT2D eigenvalue weighted by Gasteiger charge is -2.25. The van der Waals surface area contributed by atoms with Gasteiger partial charge < -0.3 is 15.6 Å². The van der Waals surface area contributed by atoms with E-state index in [4.69, 9.17) is 10.5 Å². The number of nitrogens with zero attached hydrogens (tertiary/aromatic N) is 2. The van der Waals surface area contributed by atoms with Crippen LogP contribution in [0.15, 0.2) is 29.3 Å². The Balaban J connectivity index is 1.74. The van der Waals surface area contributed by atoms with Crippen molar-refractivity contribution in [3.63, 3.8) is 0 Å². The van der Waals surface area contributed by atoms with Crippen LogP contribution >= 0.6 is 0 Å². The molecule has 0 spiro atoms. The van der Waals surface area contributed by atoms with Crippen LogP contribution in [-0.4, -0.2) is 41.1 Å². The van der Waals surface area contributed by atoms with Gasteiger partial charge >= 0.3 is 0 Å². The standard InChI is InChI=1S/C19H27N3O3/c1-22-18(24)17(25-16-9-5-8-15(23)12-16)11-14(21-19(22)20)10-13-6-3-2-4-7-13/h5,8-9,12-14,17,23H,2-4,6-7,10-11H2,1H3,(H2,20,21)/t14?,17-/m1/s1. The summed E-state index contributed by atoms with van der Waals surface area (Å²) in [5.74, 6) is 1.30. The van der Waals surface area contributed by atoms with Gasteiger partial charge in [0.05, 0.1) is 6.04 Å². The molecule has 136 valence electrons. The number of guanidine groups is 1. The van der Waals surface area contributed by atoms with E-state index in [0.717, 1.165) is 6.42 Å². The maximum atomic E-state index is 12.7. The summed E-state index contributed by atoms with van der Waals surface area (Å²) in [5.41, 5.74) is 6.00. The molecule has 1 unspecified atom stereocenters. The minimum Gasteiger partial charge on any atom is -0.508 e. The Hall–Kier alpha value is -2.24.